The highest BCUT2D eigenvalue weighted by Crippen LogP contribution is 2.22. The molecule has 0 aliphatic carbocycles. The lowest BCUT2D eigenvalue weighted by molar-refractivity contribution is -0.118. The molecule has 1 aromatic heterocycles. The first-order valence-electron chi connectivity index (χ1n) is 5.20. The molecule has 1 aromatic carbocycles. The number of rotatable bonds is 3. The summed E-state index contributed by atoms with van der Waals surface area (Å²) >= 11 is 0. The minimum absolute atomic E-state index is 0.0253. The Bertz CT molecular complexity index is 517. The van der Waals surface area contributed by atoms with Crippen LogP contribution in [-0.2, 0) is 11.2 Å². The minimum Gasteiger partial charge on any atom is -0.508 e. The second kappa shape index (κ2) is 4.26. The van der Waals surface area contributed by atoms with Gasteiger partial charge in [0.25, 0.3) is 0 Å². The van der Waals surface area contributed by atoms with E-state index < -0.39 is 0 Å². The van der Waals surface area contributed by atoms with Gasteiger partial charge in [-0.3, -0.25) is 4.79 Å². The molecule has 0 radical (unpaired) electrons. The molecule has 4 heteroatoms. The second-order valence-corrected chi connectivity index (χ2v) is 3.78. The zero-order valence-electron chi connectivity index (χ0n) is 9.08. The lowest BCUT2D eigenvalue weighted by Crippen LogP contribution is -2.22. The van der Waals surface area contributed by atoms with E-state index in [-0.39, 0.29) is 11.7 Å². The van der Waals surface area contributed by atoms with Gasteiger partial charge < -0.3 is 15.4 Å². The van der Waals surface area contributed by atoms with E-state index in [1.807, 2.05) is 12.3 Å². The van der Waals surface area contributed by atoms with Crippen LogP contribution in [0.3, 0.4) is 0 Å². The topological polar surface area (TPSA) is 65.1 Å². The van der Waals surface area contributed by atoms with Crippen molar-refractivity contribution in [3.8, 4) is 5.75 Å². The van der Waals surface area contributed by atoms with Gasteiger partial charge in [0.15, 0.2) is 0 Å². The lowest BCUT2D eigenvalue weighted by Gasteiger charge is -2.01. The predicted molar refractivity (Wildman–Crippen MR) is 62.4 cm³/mol. The smallest absolute Gasteiger partial charge is 0.216 e. The van der Waals surface area contributed by atoms with Crippen molar-refractivity contribution >= 4 is 16.8 Å². The number of amides is 1. The zero-order valence-corrected chi connectivity index (χ0v) is 9.08. The first kappa shape index (κ1) is 10.5. The van der Waals surface area contributed by atoms with Crippen LogP contribution in [0.4, 0.5) is 0 Å². The van der Waals surface area contributed by atoms with E-state index in [0.29, 0.717) is 6.54 Å². The van der Waals surface area contributed by atoms with Gasteiger partial charge >= 0.3 is 0 Å². The highest BCUT2D eigenvalue weighted by molar-refractivity contribution is 5.84. The zero-order chi connectivity index (χ0) is 11.5. The predicted octanol–water partition coefficient (Wildman–Crippen LogP) is 1.55. The summed E-state index contributed by atoms with van der Waals surface area (Å²) in [5, 5.41) is 13.2. The molecule has 0 atom stereocenters. The third kappa shape index (κ3) is 2.16. The maximum atomic E-state index is 10.7. The van der Waals surface area contributed by atoms with Crippen molar-refractivity contribution in [2.75, 3.05) is 6.54 Å². The quantitative estimate of drug-likeness (QED) is 0.686. The molecule has 2 rings (SSSR count). The van der Waals surface area contributed by atoms with Gasteiger partial charge in [-0.05, 0) is 30.2 Å². The normalized spacial score (nSPS) is 10.6. The monoisotopic (exact) mass is 219 g/mol. The largest absolute Gasteiger partial charge is 0.508 e. The van der Waals surface area contributed by atoms with Crippen LogP contribution in [0.2, 0.25) is 0 Å². The van der Waals surface area contributed by atoms with E-state index in [1.54, 1.807) is 12.1 Å². The highest BCUT2D eigenvalue weighted by atomic mass is 16.3. The highest BCUT2D eigenvalue weighted by Gasteiger charge is 2.04. The Balaban J connectivity index is 2.17. The van der Waals surface area contributed by atoms with Crippen molar-refractivity contribution in [1.82, 2.24) is 10.3 Å². The first-order chi connectivity index (χ1) is 7.66. The Hall–Kier alpha value is -1.97. The molecule has 0 aliphatic rings. The van der Waals surface area contributed by atoms with Gasteiger partial charge in [-0.2, -0.15) is 0 Å². The van der Waals surface area contributed by atoms with Crippen LogP contribution < -0.4 is 5.32 Å². The molecule has 0 unspecified atom stereocenters. The molecule has 1 amide bonds. The summed E-state index contributed by atoms with van der Waals surface area (Å²) in [7, 11) is 0. The fourth-order valence-corrected chi connectivity index (χ4v) is 1.75. The summed E-state index contributed by atoms with van der Waals surface area (Å²) in [6.45, 7) is 2.11. The molecule has 0 saturated carbocycles. The number of hydrogen-bond donors (Lipinski definition) is 3. The number of aromatic hydroxyl groups is 1. The van der Waals surface area contributed by atoms with Crippen molar-refractivity contribution in [2.24, 2.45) is 0 Å². The lowest BCUT2D eigenvalue weighted by atomic mass is 10.1. The van der Waals surface area contributed by atoms with Gasteiger partial charge in [-0.25, -0.2) is 0 Å². The summed E-state index contributed by atoms with van der Waals surface area (Å²) in [4.78, 5) is 13.9. The van der Waals surface area contributed by atoms with Crippen LogP contribution in [0.5, 0.6) is 5.75 Å². The standard InChI is InChI=1S/C12H14N2O2/c1-8(15)13-5-4-9-7-14-12-3-2-10(16)6-11(9)12/h2-3,6-7,14,16H,4-5H2,1H3,(H,13,15)/i8+1. The average molecular weight is 219 g/mol. The minimum atomic E-state index is -0.0253. The number of benzene rings is 1. The van der Waals surface area contributed by atoms with E-state index >= 15 is 0 Å². The van der Waals surface area contributed by atoms with Crippen molar-refractivity contribution in [2.45, 2.75) is 13.3 Å². The van der Waals surface area contributed by atoms with Gasteiger partial charge in [-0.1, -0.05) is 0 Å². The molecule has 0 bridgehead atoms. The molecule has 0 fully saturated rings. The molecule has 1 heterocycles. The third-order valence-corrected chi connectivity index (χ3v) is 2.52. The fraction of sp³-hybridized carbons (Fsp3) is 0.250. The maximum Gasteiger partial charge on any atom is 0.216 e. The molecule has 0 spiro atoms. The van der Waals surface area contributed by atoms with Gasteiger partial charge in [0.05, 0.1) is 0 Å². The summed E-state index contributed by atoms with van der Waals surface area (Å²) < 4.78 is 0. The van der Waals surface area contributed by atoms with Crippen LogP contribution in [0.1, 0.15) is 12.5 Å². The van der Waals surface area contributed by atoms with Gasteiger partial charge in [-0.15, -0.1) is 0 Å². The van der Waals surface area contributed by atoms with Crippen molar-refractivity contribution in [3.63, 3.8) is 0 Å². The molecule has 4 nitrogen and oxygen atoms in total. The van der Waals surface area contributed by atoms with E-state index in [1.165, 1.54) is 6.92 Å². The number of fused-ring (bicyclic) bond motifs is 1. The third-order valence-electron chi connectivity index (χ3n) is 2.52. The molecular weight excluding hydrogens is 205 g/mol. The first-order valence-corrected chi connectivity index (χ1v) is 5.20. The average Bonchev–Trinajstić information content (AvgIpc) is 2.60. The summed E-state index contributed by atoms with van der Waals surface area (Å²) in [5.41, 5.74) is 2.09. The Labute approximate surface area is 93.3 Å². The molecule has 16 heavy (non-hydrogen) atoms. The van der Waals surface area contributed by atoms with Crippen molar-refractivity contribution < 1.29 is 9.90 Å². The maximum absolute atomic E-state index is 10.7. The molecule has 0 saturated heterocycles. The SMILES string of the molecule is C[13C](=O)NCCc1c[nH]c2ccc(O)cc12. The number of aromatic nitrogens is 1. The van der Waals surface area contributed by atoms with Crippen molar-refractivity contribution in [1.29, 1.82) is 0 Å². The number of carbonyl (C=O) groups excluding carboxylic acids is 1. The fourth-order valence-electron chi connectivity index (χ4n) is 1.75. The number of phenols is 1. The van der Waals surface area contributed by atoms with Crippen molar-refractivity contribution in [3.05, 3.63) is 30.0 Å². The number of nitrogens with one attached hydrogen (secondary N) is 2. The number of phenolic OH excluding ortho intramolecular Hbond substituents is 1. The van der Waals surface area contributed by atoms with E-state index in [2.05, 4.69) is 10.3 Å². The number of H-pyrrole nitrogens is 1. The molecule has 0 aliphatic heterocycles. The molecule has 84 valence electrons. The summed E-state index contributed by atoms with van der Waals surface area (Å²) in [6, 6.07) is 5.22. The number of aromatic amines is 1. The summed E-state index contributed by atoms with van der Waals surface area (Å²) in [5.74, 6) is 0.232. The Morgan fingerprint density at radius 1 is 1.50 bits per heavy atom. The molecular formula is C12H14N2O2. The van der Waals surface area contributed by atoms with Crippen LogP contribution >= 0.6 is 0 Å². The van der Waals surface area contributed by atoms with Crippen LogP contribution in [-0.4, -0.2) is 22.5 Å². The Kier molecular flexibility index (Phi) is 2.81. The van der Waals surface area contributed by atoms with Crippen LogP contribution in [0.15, 0.2) is 24.4 Å². The van der Waals surface area contributed by atoms with E-state index in [4.69, 9.17) is 0 Å². The van der Waals surface area contributed by atoms with Gasteiger partial charge in [0.2, 0.25) is 5.91 Å². The molecule has 2 aromatic rings. The Morgan fingerprint density at radius 2 is 2.31 bits per heavy atom. The summed E-state index contributed by atoms with van der Waals surface area (Å²) in [6.07, 6.45) is 2.66. The second-order valence-electron chi connectivity index (χ2n) is 3.78. The number of hydrogen-bond acceptors (Lipinski definition) is 2. The van der Waals surface area contributed by atoms with E-state index in [0.717, 1.165) is 22.9 Å². The van der Waals surface area contributed by atoms with Crippen LogP contribution in [0, 0.1) is 0 Å². The van der Waals surface area contributed by atoms with Crippen LogP contribution in [0.25, 0.3) is 10.9 Å². The van der Waals surface area contributed by atoms with E-state index in [9.17, 15) is 9.90 Å². The van der Waals surface area contributed by atoms with Gasteiger partial charge in [0.1, 0.15) is 5.75 Å². The molecule has 3 N–H and O–H groups in total. The number of carbonyl (C=O) groups is 1. The Morgan fingerprint density at radius 3 is 3.06 bits per heavy atom. The van der Waals surface area contributed by atoms with Gasteiger partial charge in [0, 0.05) is 30.6 Å².